The second kappa shape index (κ2) is 5.24. The van der Waals surface area contributed by atoms with Crippen LogP contribution in [0.15, 0.2) is 0 Å². The first-order chi connectivity index (χ1) is 8.93. The van der Waals surface area contributed by atoms with Gasteiger partial charge in [-0.25, -0.2) is 13.1 Å². The molecule has 2 atom stereocenters. The summed E-state index contributed by atoms with van der Waals surface area (Å²) in [5.41, 5.74) is 0. The van der Waals surface area contributed by atoms with Gasteiger partial charge in [-0.3, -0.25) is 4.79 Å². The minimum Gasteiger partial charge on any atom is -0.481 e. The molecular weight excluding hydrogens is 272 g/mol. The Kier molecular flexibility index (Phi) is 3.83. The zero-order valence-electron chi connectivity index (χ0n) is 10.6. The van der Waals surface area contributed by atoms with E-state index < -0.39 is 15.8 Å². The lowest BCUT2D eigenvalue weighted by molar-refractivity contribution is -0.138. The van der Waals surface area contributed by atoms with Crippen LogP contribution in [0.5, 0.6) is 0 Å². The van der Waals surface area contributed by atoms with Crippen molar-refractivity contribution in [3.8, 4) is 0 Å². The van der Waals surface area contributed by atoms with Crippen molar-refractivity contribution in [1.29, 1.82) is 0 Å². The molecule has 2 unspecified atom stereocenters. The largest absolute Gasteiger partial charge is 0.481 e. The number of nitrogens with zero attached hydrogens (tertiary/aromatic N) is 4. The third kappa shape index (κ3) is 3.09. The van der Waals surface area contributed by atoms with Gasteiger partial charge in [-0.15, -0.1) is 5.10 Å². The fraction of sp³-hybridized carbons (Fsp3) is 0.800. The van der Waals surface area contributed by atoms with Crippen molar-refractivity contribution in [3.63, 3.8) is 0 Å². The van der Waals surface area contributed by atoms with E-state index in [0.29, 0.717) is 18.7 Å². The third-order valence-corrected chi connectivity index (χ3v) is 5.11. The first-order valence-corrected chi connectivity index (χ1v) is 7.95. The third-order valence-electron chi connectivity index (χ3n) is 3.34. The molecule has 0 spiro atoms. The summed E-state index contributed by atoms with van der Waals surface area (Å²) in [6, 6.07) is -0.342. The number of aromatic nitrogens is 4. The van der Waals surface area contributed by atoms with Crippen LogP contribution >= 0.6 is 0 Å². The summed E-state index contributed by atoms with van der Waals surface area (Å²) in [6.45, 7) is 1.85. The predicted molar refractivity (Wildman–Crippen MR) is 65.4 cm³/mol. The molecule has 0 aromatic carbocycles. The van der Waals surface area contributed by atoms with E-state index in [1.54, 1.807) is 0 Å². The van der Waals surface area contributed by atoms with Gasteiger partial charge in [0, 0.05) is 5.92 Å². The van der Waals surface area contributed by atoms with E-state index in [1.165, 1.54) is 4.68 Å². The van der Waals surface area contributed by atoms with Crippen molar-refractivity contribution in [2.45, 2.75) is 38.1 Å². The molecule has 1 fully saturated rings. The van der Waals surface area contributed by atoms with E-state index >= 15 is 0 Å². The van der Waals surface area contributed by atoms with Gasteiger partial charge in [0.2, 0.25) is 0 Å². The first-order valence-electron chi connectivity index (χ1n) is 6.13. The Morgan fingerprint density at radius 2 is 2.32 bits per heavy atom. The van der Waals surface area contributed by atoms with Crippen LogP contribution in [-0.2, 0) is 14.6 Å². The summed E-state index contributed by atoms with van der Waals surface area (Å²) >= 11 is 0. The number of aliphatic carboxylic acids is 1. The molecule has 2 rings (SSSR count). The Hall–Kier alpha value is -1.51. The maximum Gasteiger partial charge on any atom is 0.305 e. The molecule has 0 aliphatic carbocycles. The molecule has 106 valence electrons. The molecule has 1 N–H and O–H groups in total. The molecule has 1 saturated heterocycles. The molecule has 1 aliphatic rings. The standard InChI is InChI=1S/C10H16N4O4S/c1-2-8(5-9(15)16)14-10(11-12-13-14)7-3-4-19(17,18)6-7/h7-8H,2-6H2,1H3,(H,15,16). The quantitative estimate of drug-likeness (QED) is 0.810. The Balaban J connectivity index is 2.24. The van der Waals surface area contributed by atoms with Gasteiger partial charge in [0.1, 0.15) is 0 Å². The van der Waals surface area contributed by atoms with Gasteiger partial charge >= 0.3 is 5.97 Å². The molecule has 1 aliphatic heterocycles. The van der Waals surface area contributed by atoms with Crippen LogP contribution in [0.3, 0.4) is 0 Å². The minimum absolute atomic E-state index is 0.0386. The molecule has 0 radical (unpaired) electrons. The van der Waals surface area contributed by atoms with Crippen LogP contribution in [0.25, 0.3) is 0 Å². The lowest BCUT2D eigenvalue weighted by Crippen LogP contribution is -2.19. The molecular formula is C10H16N4O4S. The lowest BCUT2D eigenvalue weighted by Gasteiger charge is -2.16. The Labute approximate surface area is 110 Å². The van der Waals surface area contributed by atoms with E-state index in [2.05, 4.69) is 15.5 Å². The smallest absolute Gasteiger partial charge is 0.305 e. The van der Waals surface area contributed by atoms with Gasteiger partial charge in [-0.1, -0.05) is 6.92 Å². The highest BCUT2D eigenvalue weighted by Crippen LogP contribution is 2.29. The van der Waals surface area contributed by atoms with Gasteiger partial charge in [0.05, 0.1) is 24.0 Å². The first kappa shape index (κ1) is 13.9. The number of carboxylic acids is 1. The second-order valence-corrected chi connectivity index (χ2v) is 6.97. The summed E-state index contributed by atoms with van der Waals surface area (Å²) in [6.07, 6.45) is 0.990. The highest BCUT2D eigenvalue weighted by Gasteiger charge is 2.34. The SMILES string of the molecule is CCC(CC(=O)O)n1nnnc1C1CCS(=O)(=O)C1. The fourth-order valence-corrected chi connectivity index (χ4v) is 4.07. The highest BCUT2D eigenvalue weighted by atomic mass is 32.2. The summed E-state index contributed by atoms with van der Waals surface area (Å²) < 4.78 is 24.5. The van der Waals surface area contributed by atoms with Gasteiger partial charge in [0.15, 0.2) is 15.7 Å². The summed E-state index contributed by atoms with van der Waals surface area (Å²) in [4.78, 5) is 10.8. The summed E-state index contributed by atoms with van der Waals surface area (Å²) in [5.74, 6) is -0.499. The monoisotopic (exact) mass is 288 g/mol. The molecule has 9 heteroatoms. The topological polar surface area (TPSA) is 115 Å². The number of tetrazole rings is 1. The van der Waals surface area contributed by atoms with Crippen LogP contribution in [0.1, 0.15) is 44.0 Å². The molecule has 19 heavy (non-hydrogen) atoms. The van der Waals surface area contributed by atoms with Crippen LogP contribution in [0.4, 0.5) is 0 Å². The molecule has 8 nitrogen and oxygen atoms in total. The number of sulfone groups is 1. The minimum atomic E-state index is -3.02. The molecule has 0 saturated carbocycles. The number of hydrogen-bond donors (Lipinski definition) is 1. The molecule has 1 aromatic rings. The Morgan fingerprint density at radius 3 is 2.84 bits per heavy atom. The van der Waals surface area contributed by atoms with Crippen LogP contribution in [0.2, 0.25) is 0 Å². The predicted octanol–water partition coefficient (Wildman–Crippen LogP) is 0.001000. The van der Waals surface area contributed by atoms with Crippen molar-refractivity contribution >= 4 is 15.8 Å². The number of hydrogen-bond acceptors (Lipinski definition) is 6. The van der Waals surface area contributed by atoms with Gasteiger partial charge in [0.25, 0.3) is 0 Å². The van der Waals surface area contributed by atoms with Crippen molar-refractivity contribution in [2.75, 3.05) is 11.5 Å². The van der Waals surface area contributed by atoms with Crippen LogP contribution in [0, 0.1) is 0 Å². The molecule has 1 aromatic heterocycles. The van der Waals surface area contributed by atoms with Crippen molar-refractivity contribution in [2.24, 2.45) is 0 Å². The number of rotatable bonds is 5. The number of carboxylic acid groups (broad SMARTS) is 1. The van der Waals surface area contributed by atoms with Crippen LogP contribution in [-0.4, -0.2) is 51.2 Å². The van der Waals surface area contributed by atoms with E-state index in [1.807, 2.05) is 6.92 Å². The summed E-state index contributed by atoms with van der Waals surface area (Å²) in [5, 5.41) is 20.2. The number of carbonyl (C=O) groups is 1. The van der Waals surface area contributed by atoms with E-state index in [-0.39, 0.29) is 29.9 Å². The molecule has 0 bridgehead atoms. The van der Waals surface area contributed by atoms with Crippen molar-refractivity contribution < 1.29 is 18.3 Å². The summed E-state index contributed by atoms with van der Waals surface area (Å²) in [7, 11) is -3.02. The Bertz CT molecular complexity index is 568. The van der Waals surface area contributed by atoms with Gasteiger partial charge in [-0.2, -0.15) is 0 Å². The average molecular weight is 288 g/mol. The van der Waals surface area contributed by atoms with E-state index in [0.717, 1.165) is 0 Å². The van der Waals surface area contributed by atoms with E-state index in [9.17, 15) is 13.2 Å². The van der Waals surface area contributed by atoms with Crippen molar-refractivity contribution in [3.05, 3.63) is 5.82 Å². The maximum atomic E-state index is 11.5. The Morgan fingerprint density at radius 1 is 1.58 bits per heavy atom. The lowest BCUT2D eigenvalue weighted by atomic mass is 10.1. The molecule has 0 amide bonds. The molecule has 2 heterocycles. The fourth-order valence-electron chi connectivity index (χ4n) is 2.33. The highest BCUT2D eigenvalue weighted by molar-refractivity contribution is 7.91. The second-order valence-electron chi connectivity index (χ2n) is 4.74. The van der Waals surface area contributed by atoms with Gasteiger partial charge in [-0.05, 0) is 23.3 Å². The average Bonchev–Trinajstić information content (AvgIpc) is 2.91. The zero-order valence-corrected chi connectivity index (χ0v) is 11.4. The maximum absolute atomic E-state index is 11.5. The van der Waals surface area contributed by atoms with Crippen LogP contribution < -0.4 is 0 Å². The van der Waals surface area contributed by atoms with Crippen molar-refractivity contribution in [1.82, 2.24) is 20.2 Å². The zero-order chi connectivity index (χ0) is 14.0. The van der Waals surface area contributed by atoms with Gasteiger partial charge < -0.3 is 5.11 Å². The normalized spacial score (nSPS) is 23.3. The van der Waals surface area contributed by atoms with E-state index in [4.69, 9.17) is 5.11 Å².